The highest BCUT2D eigenvalue weighted by Gasteiger charge is 2.17. The lowest BCUT2D eigenvalue weighted by molar-refractivity contribution is -0.113. The van der Waals surface area contributed by atoms with Crippen LogP contribution in [0.5, 0.6) is 0 Å². The molecule has 0 atom stereocenters. The number of carbonyl (C=O) groups excluding carboxylic acids is 1. The highest BCUT2D eigenvalue weighted by Crippen LogP contribution is 2.26. The Kier molecular flexibility index (Phi) is 7.30. The number of nitriles is 1. The summed E-state index contributed by atoms with van der Waals surface area (Å²) in [4.78, 5) is 12.6. The Hall–Kier alpha value is -3.31. The van der Waals surface area contributed by atoms with Crippen LogP contribution in [-0.2, 0) is 11.2 Å². The summed E-state index contributed by atoms with van der Waals surface area (Å²) in [5.41, 5.74) is 2.66. The van der Waals surface area contributed by atoms with Crippen LogP contribution in [0.4, 0.5) is 5.69 Å². The average Bonchev–Trinajstić information content (AvgIpc) is 3.21. The fourth-order valence-corrected chi connectivity index (χ4v) is 4.24. The minimum Gasteiger partial charge on any atom is -0.324 e. The molecule has 0 aliphatic heterocycles. The fraction of sp³-hybridized carbons (Fsp3) is 0.0833. The van der Waals surface area contributed by atoms with Gasteiger partial charge in [0.15, 0.2) is 5.16 Å². The maximum Gasteiger partial charge on any atom is 0.234 e. The molecule has 1 heterocycles. The Morgan fingerprint density at radius 1 is 1.00 bits per heavy atom. The second kappa shape index (κ2) is 10.5. The Bertz CT molecular complexity index is 1320. The van der Waals surface area contributed by atoms with Gasteiger partial charge in [-0.15, -0.1) is 10.2 Å². The molecular formula is C24H17Cl2N5OS. The third-order valence-electron chi connectivity index (χ3n) is 4.70. The topological polar surface area (TPSA) is 83.6 Å². The molecule has 0 aliphatic carbocycles. The van der Waals surface area contributed by atoms with Crippen LogP contribution in [0.15, 0.2) is 78.0 Å². The van der Waals surface area contributed by atoms with E-state index in [1.54, 1.807) is 30.3 Å². The van der Waals surface area contributed by atoms with Gasteiger partial charge in [0.25, 0.3) is 0 Å². The summed E-state index contributed by atoms with van der Waals surface area (Å²) < 4.78 is 1.92. The maximum absolute atomic E-state index is 12.6. The highest BCUT2D eigenvalue weighted by molar-refractivity contribution is 7.99. The largest absolute Gasteiger partial charge is 0.324 e. The van der Waals surface area contributed by atoms with Gasteiger partial charge >= 0.3 is 0 Å². The minimum atomic E-state index is -0.283. The van der Waals surface area contributed by atoms with E-state index in [0.29, 0.717) is 32.9 Å². The predicted molar refractivity (Wildman–Crippen MR) is 131 cm³/mol. The summed E-state index contributed by atoms with van der Waals surface area (Å²) in [6, 6.07) is 24.1. The third kappa shape index (κ3) is 5.74. The summed E-state index contributed by atoms with van der Waals surface area (Å²) in [7, 11) is 0. The van der Waals surface area contributed by atoms with Crippen LogP contribution >= 0.6 is 35.0 Å². The molecule has 33 heavy (non-hydrogen) atoms. The number of thioether (sulfide) groups is 1. The maximum atomic E-state index is 12.6. The van der Waals surface area contributed by atoms with Crippen LogP contribution in [0, 0.1) is 11.3 Å². The van der Waals surface area contributed by atoms with E-state index in [-0.39, 0.29) is 11.7 Å². The van der Waals surface area contributed by atoms with Crippen molar-refractivity contribution in [3.63, 3.8) is 0 Å². The van der Waals surface area contributed by atoms with Crippen molar-refractivity contribution in [3.8, 4) is 11.8 Å². The summed E-state index contributed by atoms with van der Waals surface area (Å²) in [5, 5.41) is 22.3. The molecule has 0 fully saturated rings. The monoisotopic (exact) mass is 493 g/mol. The molecule has 0 saturated carbocycles. The standard InChI is InChI=1S/C24H17Cl2N5OS/c25-18-8-10-20(11-9-18)31-22(12-16-4-2-1-3-5-16)29-30-24(31)33-15-23(32)28-21-13-19(26)7-6-17(21)14-27/h1-11,13H,12,15H2,(H,28,32). The van der Waals surface area contributed by atoms with E-state index >= 15 is 0 Å². The molecule has 6 nitrogen and oxygen atoms in total. The van der Waals surface area contributed by atoms with Crippen LogP contribution in [0.1, 0.15) is 17.0 Å². The van der Waals surface area contributed by atoms with Crippen molar-refractivity contribution in [2.45, 2.75) is 11.6 Å². The minimum absolute atomic E-state index is 0.0778. The molecule has 1 amide bonds. The smallest absolute Gasteiger partial charge is 0.234 e. The van der Waals surface area contributed by atoms with Gasteiger partial charge in [-0.05, 0) is 48.0 Å². The van der Waals surface area contributed by atoms with E-state index in [1.165, 1.54) is 11.8 Å². The van der Waals surface area contributed by atoms with Crippen molar-refractivity contribution < 1.29 is 4.79 Å². The van der Waals surface area contributed by atoms with Crippen LogP contribution in [-0.4, -0.2) is 26.4 Å². The van der Waals surface area contributed by atoms with Gasteiger partial charge in [0.1, 0.15) is 11.9 Å². The number of hydrogen-bond acceptors (Lipinski definition) is 5. The summed E-state index contributed by atoms with van der Waals surface area (Å²) in [6.07, 6.45) is 0.581. The quantitative estimate of drug-likeness (QED) is 0.330. The lowest BCUT2D eigenvalue weighted by Gasteiger charge is -2.11. The first-order valence-electron chi connectivity index (χ1n) is 9.90. The van der Waals surface area contributed by atoms with Gasteiger partial charge in [-0.25, -0.2) is 0 Å². The second-order valence-corrected chi connectivity index (χ2v) is 8.83. The molecule has 9 heteroatoms. The van der Waals surface area contributed by atoms with Gasteiger partial charge in [-0.3, -0.25) is 9.36 Å². The number of aromatic nitrogens is 3. The zero-order chi connectivity index (χ0) is 23.2. The first-order valence-corrected chi connectivity index (χ1v) is 11.6. The van der Waals surface area contributed by atoms with Crippen LogP contribution in [0.3, 0.4) is 0 Å². The first kappa shape index (κ1) is 22.9. The molecule has 1 aromatic heterocycles. The molecule has 3 aromatic carbocycles. The number of anilines is 1. The van der Waals surface area contributed by atoms with Crippen molar-refractivity contribution in [1.29, 1.82) is 5.26 Å². The van der Waals surface area contributed by atoms with Crippen molar-refractivity contribution in [3.05, 3.63) is 99.8 Å². The summed E-state index contributed by atoms with van der Waals surface area (Å²) >= 11 is 13.3. The lowest BCUT2D eigenvalue weighted by atomic mass is 10.1. The van der Waals surface area contributed by atoms with Crippen molar-refractivity contribution in [1.82, 2.24) is 14.8 Å². The Morgan fingerprint density at radius 2 is 1.73 bits per heavy atom. The van der Waals surface area contributed by atoms with E-state index < -0.39 is 0 Å². The molecule has 164 valence electrons. The molecule has 4 aromatic rings. The van der Waals surface area contributed by atoms with E-state index in [2.05, 4.69) is 15.5 Å². The molecule has 0 bridgehead atoms. The number of rotatable bonds is 7. The number of benzene rings is 3. The first-order chi connectivity index (χ1) is 16.0. The van der Waals surface area contributed by atoms with Crippen molar-refractivity contribution in [2.24, 2.45) is 0 Å². The van der Waals surface area contributed by atoms with E-state index in [0.717, 1.165) is 17.1 Å². The molecule has 0 unspecified atom stereocenters. The zero-order valence-corrected chi connectivity index (χ0v) is 19.5. The Morgan fingerprint density at radius 3 is 2.45 bits per heavy atom. The molecule has 0 spiro atoms. The van der Waals surface area contributed by atoms with Gasteiger partial charge in [-0.1, -0.05) is 65.3 Å². The van der Waals surface area contributed by atoms with Crippen LogP contribution in [0.2, 0.25) is 10.0 Å². The molecule has 0 aliphatic rings. The number of halogens is 2. The lowest BCUT2D eigenvalue weighted by Crippen LogP contribution is -2.15. The van der Waals surface area contributed by atoms with Crippen LogP contribution < -0.4 is 5.32 Å². The second-order valence-electron chi connectivity index (χ2n) is 7.01. The average molecular weight is 494 g/mol. The molecule has 1 N–H and O–H groups in total. The van der Waals surface area contributed by atoms with E-state index in [9.17, 15) is 10.1 Å². The van der Waals surface area contributed by atoms with Gasteiger partial charge in [0, 0.05) is 22.2 Å². The number of amides is 1. The van der Waals surface area contributed by atoms with Crippen LogP contribution in [0.25, 0.3) is 5.69 Å². The SMILES string of the molecule is N#Cc1ccc(Cl)cc1NC(=O)CSc1nnc(Cc2ccccc2)n1-c1ccc(Cl)cc1. The van der Waals surface area contributed by atoms with E-state index in [1.807, 2.05) is 53.1 Å². The molecule has 0 radical (unpaired) electrons. The normalized spacial score (nSPS) is 10.6. The summed E-state index contributed by atoms with van der Waals surface area (Å²) in [6.45, 7) is 0. The fourth-order valence-electron chi connectivity index (χ4n) is 3.17. The predicted octanol–water partition coefficient (Wildman–Crippen LogP) is 5.77. The van der Waals surface area contributed by atoms with Crippen molar-refractivity contribution in [2.75, 3.05) is 11.1 Å². The molecular weight excluding hydrogens is 477 g/mol. The van der Waals surface area contributed by atoms with E-state index in [4.69, 9.17) is 23.2 Å². The van der Waals surface area contributed by atoms with Gasteiger partial charge in [0.2, 0.25) is 5.91 Å². The number of nitrogens with one attached hydrogen (secondary N) is 1. The highest BCUT2D eigenvalue weighted by atomic mass is 35.5. The Labute approximate surface area is 205 Å². The zero-order valence-electron chi connectivity index (χ0n) is 17.2. The number of carbonyl (C=O) groups is 1. The Balaban J connectivity index is 1.56. The van der Waals surface area contributed by atoms with Gasteiger partial charge < -0.3 is 5.32 Å². The van der Waals surface area contributed by atoms with Crippen molar-refractivity contribution >= 4 is 46.6 Å². The van der Waals surface area contributed by atoms with Gasteiger partial charge in [0.05, 0.1) is 17.0 Å². The number of nitrogens with zero attached hydrogens (tertiary/aromatic N) is 4. The van der Waals surface area contributed by atoms with Gasteiger partial charge in [-0.2, -0.15) is 5.26 Å². The third-order valence-corrected chi connectivity index (χ3v) is 6.11. The summed E-state index contributed by atoms with van der Waals surface area (Å²) in [5.74, 6) is 0.538. The molecule has 4 rings (SSSR count). The number of hydrogen-bond donors (Lipinski definition) is 1. The molecule has 0 saturated heterocycles.